The second-order valence-corrected chi connectivity index (χ2v) is 7.70. The fraction of sp³-hybridized carbons (Fsp3) is 0.429. The molecule has 6 nitrogen and oxygen atoms in total. The summed E-state index contributed by atoms with van der Waals surface area (Å²) < 4.78 is 5.67. The van der Waals surface area contributed by atoms with E-state index in [0.29, 0.717) is 35.5 Å². The summed E-state index contributed by atoms with van der Waals surface area (Å²) in [6.45, 7) is 3.61. The van der Waals surface area contributed by atoms with Gasteiger partial charge in [-0.3, -0.25) is 0 Å². The van der Waals surface area contributed by atoms with E-state index < -0.39 is 0 Å². The standard InChI is InChI=1S/C21H28N4O2/c1-25-8-6-13(11-25)20-19(14-7-9-27-12-14)16(21(23)24-20)10-17(22)15-4-2-3-5-18(15)26/h2-5,10,13-14,24,26H,6-9,11-12,22-23H2,1H3/b17-10-/t13?,14-/m1/s1. The number of aromatic hydroxyl groups is 1. The number of phenolic OH excluding ortho intramolecular Hbond substituents is 1. The number of hydrogen-bond donors (Lipinski definition) is 4. The van der Waals surface area contributed by atoms with Crippen molar-refractivity contribution < 1.29 is 9.84 Å². The number of nitrogens with two attached hydrogens (primary N) is 2. The van der Waals surface area contributed by atoms with Crippen LogP contribution in [0.15, 0.2) is 24.3 Å². The number of nitrogen functional groups attached to an aromatic ring is 1. The molecule has 4 rings (SSSR count). The summed E-state index contributed by atoms with van der Waals surface area (Å²) >= 11 is 0. The summed E-state index contributed by atoms with van der Waals surface area (Å²) in [5, 5.41) is 10.1. The Bertz CT molecular complexity index is 852. The molecule has 2 fully saturated rings. The van der Waals surface area contributed by atoms with Crippen molar-refractivity contribution in [3.05, 3.63) is 46.6 Å². The van der Waals surface area contributed by atoms with Gasteiger partial charge in [0.25, 0.3) is 0 Å². The Morgan fingerprint density at radius 3 is 2.78 bits per heavy atom. The van der Waals surface area contributed by atoms with Crippen LogP contribution in [0.3, 0.4) is 0 Å². The molecular formula is C21H28N4O2. The molecule has 0 bridgehead atoms. The SMILES string of the molecule is CN1CCC(c2[nH]c(N)c(/C=C(\N)c3ccccc3O)c2[C@@H]2CCOC2)C1. The molecule has 0 aliphatic carbocycles. The van der Waals surface area contributed by atoms with Gasteiger partial charge in [0.2, 0.25) is 0 Å². The number of benzene rings is 1. The first-order valence-corrected chi connectivity index (χ1v) is 9.57. The molecular weight excluding hydrogens is 340 g/mol. The molecule has 2 saturated heterocycles. The number of aromatic amines is 1. The minimum atomic E-state index is 0.170. The lowest BCUT2D eigenvalue weighted by molar-refractivity contribution is 0.193. The van der Waals surface area contributed by atoms with Gasteiger partial charge in [-0.1, -0.05) is 12.1 Å². The van der Waals surface area contributed by atoms with Gasteiger partial charge < -0.3 is 31.2 Å². The first kappa shape index (κ1) is 17.9. The van der Waals surface area contributed by atoms with Crippen LogP contribution in [0.5, 0.6) is 5.75 Å². The number of anilines is 1. The summed E-state index contributed by atoms with van der Waals surface area (Å²) in [6.07, 6.45) is 4.01. The topological polar surface area (TPSA) is 101 Å². The number of rotatable bonds is 4. The van der Waals surface area contributed by atoms with Crippen molar-refractivity contribution in [2.45, 2.75) is 24.7 Å². The zero-order chi connectivity index (χ0) is 19.0. The maximum atomic E-state index is 10.1. The highest BCUT2D eigenvalue weighted by Crippen LogP contribution is 2.41. The Kier molecular flexibility index (Phi) is 4.85. The Morgan fingerprint density at radius 2 is 2.11 bits per heavy atom. The summed E-state index contributed by atoms with van der Waals surface area (Å²) in [5.41, 5.74) is 17.3. The van der Waals surface area contributed by atoms with E-state index in [9.17, 15) is 5.11 Å². The average Bonchev–Trinajstić information content (AvgIpc) is 3.37. The monoisotopic (exact) mass is 368 g/mol. The number of phenols is 1. The molecule has 144 valence electrons. The predicted octanol–water partition coefficient (Wildman–Crippen LogP) is 2.68. The number of para-hydroxylation sites is 1. The van der Waals surface area contributed by atoms with Crippen LogP contribution in [0.2, 0.25) is 0 Å². The van der Waals surface area contributed by atoms with E-state index in [1.54, 1.807) is 12.1 Å². The van der Waals surface area contributed by atoms with Gasteiger partial charge in [0.15, 0.2) is 0 Å². The second kappa shape index (κ2) is 7.29. The molecule has 0 amide bonds. The van der Waals surface area contributed by atoms with Crippen LogP contribution in [0.4, 0.5) is 5.82 Å². The molecule has 1 unspecified atom stereocenters. The smallest absolute Gasteiger partial charge is 0.124 e. The molecule has 2 atom stereocenters. The lowest BCUT2D eigenvalue weighted by atomic mass is 9.88. The van der Waals surface area contributed by atoms with Crippen molar-refractivity contribution in [2.24, 2.45) is 5.73 Å². The quantitative estimate of drug-likeness (QED) is 0.665. The highest BCUT2D eigenvalue weighted by molar-refractivity contribution is 5.86. The molecule has 3 heterocycles. The number of likely N-dealkylation sites (tertiary alicyclic amines) is 1. The zero-order valence-electron chi connectivity index (χ0n) is 15.7. The second-order valence-electron chi connectivity index (χ2n) is 7.70. The summed E-state index contributed by atoms with van der Waals surface area (Å²) in [4.78, 5) is 5.81. The van der Waals surface area contributed by atoms with Crippen LogP contribution < -0.4 is 11.5 Å². The van der Waals surface area contributed by atoms with Gasteiger partial charge in [-0.2, -0.15) is 0 Å². The molecule has 27 heavy (non-hydrogen) atoms. The van der Waals surface area contributed by atoms with Crippen molar-refractivity contribution in [2.75, 3.05) is 39.1 Å². The van der Waals surface area contributed by atoms with Gasteiger partial charge in [0, 0.05) is 47.5 Å². The molecule has 0 spiro atoms. The number of aromatic nitrogens is 1. The van der Waals surface area contributed by atoms with Crippen molar-refractivity contribution >= 4 is 17.6 Å². The van der Waals surface area contributed by atoms with Crippen LogP contribution >= 0.6 is 0 Å². The first-order valence-electron chi connectivity index (χ1n) is 9.57. The van der Waals surface area contributed by atoms with Gasteiger partial charge in [0.1, 0.15) is 11.6 Å². The molecule has 0 saturated carbocycles. The van der Waals surface area contributed by atoms with E-state index >= 15 is 0 Å². The van der Waals surface area contributed by atoms with E-state index in [2.05, 4.69) is 16.9 Å². The maximum absolute atomic E-state index is 10.1. The largest absolute Gasteiger partial charge is 0.507 e. The Hall–Kier alpha value is -2.44. The Labute approximate surface area is 159 Å². The molecule has 1 aromatic carbocycles. The van der Waals surface area contributed by atoms with Crippen LogP contribution in [-0.2, 0) is 4.74 Å². The third-order valence-corrected chi connectivity index (χ3v) is 5.79. The van der Waals surface area contributed by atoms with Crippen LogP contribution in [0, 0.1) is 0 Å². The zero-order valence-corrected chi connectivity index (χ0v) is 15.7. The summed E-state index contributed by atoms with van der Waals surface area (Å²) in [6, 6.07) is 7.10. The number of nitrogens with zero attached hydrogens (tertiary/aromatic N) is 1. The normalized spacial score (nSPS) is 24.0. The van der Waals surface area contributed by atoms with Gasteiger partial charge >= 0.3 is 0 Å². The van der Waals surface area contributed by atoms with Gasteiger partial charge in [-0.25, -0.2) is 0 Å². The first-order chi connectivity index (χ1) is 13.0. The maximum Gasteiger partial charge on any atom is 0.124 e. The molecule has 0 radical (unpaired) electrons. The van der Waals surface area contributed by atoms with Crippen LogP contribution in [0.1, 0.15) is 47.1 Å². The number of H-pyrrole nitrogens is 1. The number of ether oxygens (including phenoxy) is 1. The minimum Gasteiger partial charge on any atom is -0.507 e. The number of nitrogens with one attached hydrogen (secondary N) is 1. The minimum absolute atomic E-state index is 0.170. The lowest BCUT2D eigenvalue weighted by Crippen LogP contribution is -2.14. The molecule has 2 aliphatic rings. The van der Waals surface area contributed by atoms with Crippen LogP contribution in [-0.4, -0.2) is 48.3 Å². The summed E-state index contributed by atoms with van der Waals surface area (Å²) in [5.74, 6) is 1.58. The highest BCUT2D eigenvalue weighted by atomic mass is 16.5. The van der Waals surface area contributed by atoms with Gasteiger partial charge in [-0.05, 0) is 50.2 Å². The van der Waals surface area contributed by atoms with E-state index in [-0.39, 0.29) is 5.75 Å². The van der Waals surface area contributed by atoms with Crippen molar-refractivity contribution in [3.8, 4) is 5.75 Å². The van der Waals surface area contributed by atoms with E-state index in [1.165, 1.54) is 11.3 Å². The molecule has 1 aromatic heterocycles. The number of likely N-dealkylation sites (N-methyl/N-ethyl adjacent to an activating group) is 1. The van der Waals surface area contributed by atoms with E-state index in [1.807, 2.05) is 18.2 Å². The van der Waals surface area contributed by atoms with E-state index in [4.69, 9.17) is 16.2 Å². The number of hydrogen-bond acceptors (Lipinski definition) is 5. The average molecular weight is 368 g/mol. The Balaban J connectivity index is 1.79. The van der Waals surface area contributed by atoms with Crippen molar-refractivity contribution in [3.63, 3.8) is 0 Å². The van der Waals surface area contributed by atoms with Crippen molar-refractivity contribution in [1.82, 2.24) is 9.88 Å². The van der Waals surface area contributed by atoms with Crippen molar-refractivity contribution in [1.29, 1.82) is 0 Å². The van der Waals surface area contributed by atoms with Gasteiger partial charge in [-0.15, -0.1) is 0 Å². The lowest BCUT2D eigenvalue weighted by Gasteiger charge is -2.16. The molecule has 2 aliphatic heterocycles. The Morgan fingerprint density at radius 1 is 1.30 bits per heavy atom. The summed E-state index contributed by atoms with van der Waals surface area (Å²) in [7, 11) is 2.15. The molecule has 6 N–H and O–H groups in total. The van der Waals surface area contributed by atoms with Gasteiger partial charge in [0.05, 0.1) is 6.61 Å². The third-order valence-electron chi connectivity index (χ3n) is 5.79. The van der Waals surface area contributed by atoms with E-state index in [0.717, 1.165) is 38.1 Å². The molecule has 2 aromatic rings. The van der Waals surface area contributed by atoms with Crippen LogP contribution in [0.25, 0.3) is 11.8 Å². The fourth-order valence-corrected chi connectivity index (χ4v) is 4.37. The highest BCUT2D eigenvalue weighted by Gasteiger charge is 2.32. The predicted molar refractivity (Wildman–Crippen MR) is 108 cm³/mol. The molecule has 6 heteroatoms. The fourth-order valence-electron chi connectivity index (χ4n) is 4.37. The third kappa shape index (κ3) is 3.42.